The highest BCUT2D eigenvalue weighted by Gasteiger charge is 2.29. The van der Waals surface area contributed by atoms with E-state index in [2.05, 4.69) is 5.10 Å². The number of carbonyl (C=O) groups is 2. The van der Waals surface area contributed by atoms with E-state index in [9.17, 15) is 9.59 Å². The lowest BCUT2D eigenvalue weighted by Gasteiger charge is -2.31. The van der Waals surface area contributed by atoms with Gasteiger partial charge in [0.2, 0.25) is 5.91 Å². The number of carbonyl (C=O) groups excluding carboxylic acids is 2. The van der Waals surface area contributed by atoms with Crippen molar-refractivity contribution in [1.82, 2.24) is 14.7 Å². The first kappa shape index (κ1) is 16.2. The van der Waals surface area contributed by atoms with E-state index in [1.165, 1.54) is 0 Å². The van der Waals surface area contributed by atoms with Crippen LogP contribution in [0.15, 0.2) is 30.5 Å². The molecule has 1 aromatic carbocycles. The molecule has 1 aliphatic rings. The number of para-hydroxylation sites is 1. The zero-order valence-corrected chi connectivity index (χ0v) is 14.0. The van der Waals surface area contributed by atoms with E-state index in [0.717, 1.165) is 29.8 Å². The summed E-state index contributed by atoms with van der Waals surface area (Å²) in [5.74, 6) is -0.674. The van der Waals surface area contributed by atoms with Gasteiger partial charge >= 0.3 is 0 Å². The molecule has 24 heavy (non-hydrogen) atoms. The van der Waals surface area contributed by atoms with Crippen LogP contribution in [-0.2, 0) is 4.79 Å². The molecule has 126 valence electrons. The van der Waals surface area contributed by atoms with Crippen molar-refractivity contribution in [3.63, 3.8) is 0 Å². The molecule has 1 fully saturated rings. The topological polar surface area (TPSA) is 81.2 Å². The van der Waals surface area contributed by atoms with E-state index in [4.69, 9.17) is 5.73 Å². The summed E-state index contributed by atoms with van der Waals surface area (Å²) >= 11 is 0. The van der Waals surface area contributed by atoms with Gasteiger partial charge in [0.15, 0.2) is 0 Å². The van der Waals surface area contributed by atoms with E-state index in [-0.39, 0.29) is 17.7 Å². The number of amides is 2. The van der Waals surface area contributed by atoms with Crippen molar-refractivity contribution in [2.45, 2.75) is 26.7 Å². The van der Waals surface area contributed by atoms with E-state index in [1.807, 2.05) is 38.1 Å². The molecule has 0 radical (unpaired) electrons. The summed E-state index contributed by atoms with van der Waals surface area (Å²) < 4.78 is 1.79. The Labute approximate surface area is 141 Å². The van der Waals surface area contributed by atoms with Crippen LogP contribution in [0.25, 0.3) is 5.69 Å². The summed E-state index contributed by atoms with van der Waals surface area (Å²) in [6.07, 6.45) is 3.16. The van der Waals surface area contributed by atoms with Crippen LogP contribution >= 0.6 is 0 Å². The lowest BCUT2D eigenvalue weighted by atomic mass is 9.97. The van der Waals surface area contributed by atoms with Gasteiger partial charge in [0.25, 0.3) is 5.91 Å². The molecule has 2 amide bonds. The number of likely N-dealkylation sites (tertiary alicyclic amines) is 1. The Morgan fingerprint density at radius 3 is 2.71 bits per heavy atom. The maximum Gasteiger partial charge on any atom is 0.257 e. The van der Waals surface area contributed by atoms with Crippen LogP contribution in [0.2, 0.25) is 0 Å². The quantitative estimate of drug-likeness (QED) is 0.934. The van der Waals surface area contributed by atoms with Gasteiger partial charge in [-0.1, -0.05) is 18.2 Å². The Hall–Kier alpha value is -2.63. The number of benzene rings is 1. The third-order valence-electron chi connectivity index (χ3n) is 4.69. The largest absolute Gasteiger partial charge is 0.369 e. The number of primary amides is 1. The van der Waals surface area contributed by atoms with Crippen LogP contribution in [0.5, 0.6) is 0 Å². The molecular weight excluding hydrogens is 304 g/mol. The number of piperidine rings is 1. The molecule has 0 saturated carbocycles. The molecule has 2 heterocycles. The van der Waals surface area contributed by atoms with E-state index in [0.29, 0.717) is 18.7 Å². The molecule has 6 heteroatoms. The van der Waals surface area contributed by atoms with Gasteiger partial charge in [-0.05, 0) is 38.3 Å². The second-order valence-electron chi connectivity index (χ2n) is 6.33. The Morgan fingerprint density at radius 1 is 1.25 bits per heavy atom. The van der Waals surface area contributed by atoms with Crippen molar-refractivity contribution >= 4 is 11.8 Å². The van der Waals surface area contributed by atoms with Crippen molar-refractivity contribution in [1.29, 1.82) is 0 Å². The first-order chi connectivity index (χ1) is 11.5. The molecule has 0 unspecified atom stereocenters. The molecule has 0 bridgehead atoms. The average molecular weight is 326 g/mol. The summed E-state index contributed by atoms with van der Waals surface area (Å²) in [6, 6.07) is 7.92. The Kier molecular flexibility index (Phi) is 4.38. The van der Waals surface area contributed by atoms with Crippen LogP contribution in [0, 0.1) is 19.8 Å². The predicted molar refractivity (Wildman–Crippen MR) is 90.9 cm³/mol. The van der Waals surface area contributed by atoms with Gasteiger partial charge in [-0.25, -0.2) is 4.68 Å². The maximum absolute atomic E-state index is 12.8. The zero-order chi connectivity index (χ0) is 17.3. The third kappa shape index (κ3) is 2.91. The smallest absolute Gasteiger partial charge is 0.257 e. The molecule has 1 aromatic heterocycles. The van der Waals surface area contributed by atoms with Crippen LogP contribution in [-0.4, -0.2) is 39.6 Å². The van der Waals surface area contributed by atoms with Crippen molar-refractivity contribution in [3.05, 3.63) is 47.3 Å². The summed E-state index contributed by atoms with van der Waals surface area (Å²) in [6.45, 7) is 4.95. The van der Waals surface area contributed by atoms with E-state index < -0.39 is 0 Å². The molecular formula is C18H22N4O2. The summed E-state index contributed by atoms with van der Waals surface area (Å²) in [4.78, 5) is 26.0. The first-order valence-corrected chi connectivity index (χ1v) is 8.18. The minimum atomic E-state index is -0.333. The standard InChI is InChI=1S/C18H22N4O2/c1-12-6-3-4-8-16(12)22-13(2)15(10-20-22)18(24)21-9-5-7-14(11-21)17(19)23/h3-4,6,8,10,14H,5,7,9,11H2,1-2H3,(H2,19,23)/t14-/m1/s1. The highest BCUT2D eigenvalue weighted by Crippen LogP contribution is 2.22. The number of hydrogen-bond donors (Lipinski definition) is 1. The fraction of sp³-hybridized carbons (Fsp3) is 0.389. The van der Waals surface area contributed by atoms with E-state index in [1.54, 1.807) is 15.8 Å². The second-order valence-corrected chi connectivity index (χ2v) is 6.33. The molecule has 1 aliphatic heterocycles. The predicted octanol–water partition coefficient (Wildman–Crippen LogP) is 1.83. The normalized spacial score (nSPS) is 17.8. The van der Waals surface area contributed by atoms with Crippen LogP contribution < -0.4 is 5.73 Å². The average Bonchev–Trinajstić information content (AvgIpc) is 2.96. The van der Waals surface area contributed by atoms with Gasteiger partial charge in [0, 0.05) is 13.1 Å². The summed E-state index contributed by atoms with van der Waals surface area (Å²) in [5, 5.41) is 4.39. The van der Waals surface area contributed by atoms with Crippen LogP contribution in [0.4, 0.5) is 0 Å². The monoisotopic (exact) mass is 326 g/mol. The highest BCUT2D eigenvalue weighted by molar-refractivity contribution is 5.95. The summed E-state index contributed by atoms with van der Waals surface area (Å²) in [5.41, 5.74) is 8.83. The Bertz CT molecular complexity index is 781. The fourth-order valence-electron chi connectivity index (χ4n) is 3.23. The maximum atomic E-state index is 12.8. The lowest BCUT2D eigenvalue weighted by Crippen LogP contribution is -2.44. The van der Waals surface area contributed by atoms with Crippen LogP contribution in [0.1, 0.15) is 34.5 Å². The molecule has 1 saturated heterocycles. The van der Waals surface area contributed by atoms with Crippen molar-refractivity contribution in [2.75, 3.05) is 13.1 Å². The van der Waals surface area contributed by atoms with E-state index >= 15 is 0 Å². The van der Waals surface area contributed by atoms with Gasteiger partial charge in [0.05, 0.1) is 29.1 Å². The number of aromatic nitrogens is 2. The van der Waals surface area contributed by atoms with Crippen molar-refractivity contribution < 1.29 is 9.59 Å². The van der Waals surface area contributed by atoms with Gasteiger partial charge in [-0.3, -0.25) is 9.59 Å². The van der Waals surface area contributed by atoms with Gasteiger partial charge in [-0.2, -0.15) is 5.10 Å². The van der Waals surface area contributed by atoms with Crippen molar-refractivity contribution in [2.24, 2.45) is 11.7 Å². The minimum Gasteiger partial charge on any atom is -0.369 e. The SMILES string of the molecule is Cc1ccccc1-n1ncc(C(=O)N2CCC[C@@H](C(N)=O)C2)c1C. The number of nitrogens with zero attached hydrogens (tertiary/aromatic N) is 3. The third-order valence-corrected chi connectivity index (χ3v) is 4.69. The highest BCUT2D eigenvalue weighted by atomic mass is 16.2. The molecule has 6 nitrogen and oxygen atoms in total. The Morgan fingerprint density at radius 2 is 2.00 bits per heavy atom. The fourth-order valence-corrected chi connectivity index (χ4v) is 3.23. The van der Waals surface area contributed by atoms with Gasteiger partial charge in [0.1, 0.15) is 0 Å². The number of nitrogens with two attached hydrogens (primary N) is 1. The molecule has 3 rings (SSSR count). The lowest BCUT2D eigenvalue weighted by molar-refractivity contribution is -0.123. The molecule has 2 aromatic rings. The van der Waals surface area contributed by atoms with Crippen LogP contribution in [0.3, 0.4) is 0 Å². The number of aryl methyl sites for hydroxylation is 1. The first-order valence-electron chi connectivity index (χ1n) is 8.18. The van der Waals surface area contributed by atoms with Crippen molar-refractivity contribution in [3.8, 4) is 5.69 Å². The second kappa shape index (κ2) is 6.47. The van der Waals surface area contributed by atoms with Gasteiger partial charge < -0.3 is 10.6 Å². The zero-order valence-electron chi connectivity index (χ0n) is 14.0. The van der Waals surface area contributed by atoms with Gasteiger partial charge in [-0.15, -0.1) is 0 Å². The molecule has 0 aliphatic carbocycles. The molecule has 2 N–H and O–H groups in total. The minimum absolute atomic E-state index is 0.0849. The number of hydrogen-bond acceptors (Lipinski definition) is 3. The molecule has 0 spiro atoms. The summed E-state index contributed by atoms with van der Waals surface area (Å²) in [7, 11) is 0. The number of rotatable bonds is 3. The Balaban J connectivity index is 1.87. The molecule has 1 atom stereocenters.